The number of rotatable bonds is 9. The van der Waals surface area contributed by atoms with Crippen molar-refractivity contribution in [2.24, 2.45) is 11.8 Å². The molecule has 0 saturated carbocycles. The molecular formula is C33H37N2+. The summed E-state index contributed by atoms with van der Waals surface area (Å²) < 4.78 is 4.52. The molecule has 2 heteroatoms. The molecule has 0 bridgehead atoms. The minimum atomic E-state index is 0.638. The topological polar surface area (TPSA) is 8.81 Å². The third-order valence-corrected chi connectivity index (χ3v) is 6.30. The van der Waals surface area contributed by atoms with E-state index in [2.05, 4.69) is 129 Å². The smallest absolute Gasteiger partial charge is 0.195 e. The van der Waals surface area contributed by atoms with Gasteiger partial charge >= 0.3 is 0 Å². The minimum Gasteiger partial charge on any atom is -0.195 e. The summed E-state index contributed by atoms with van der Waals surface area (Å²) in [7, 11) is 0. The van der Waals surface area contributed by atoms with Crippen molar-refractivity contribution in [1.82, 2.24) is 4.57 Å². The highest BCUT2D eigenvalue weighted by molar-refractivity contribution is 5.70. The average molecular weight is 462 g/mol. The number of hydrogen-bond donors (Lipinski definition) is 0. The lowest BCUT2D eigenvalue weighted by atomic mass is 10.0. The summed E-state index contributed by atoms with van der Waals surface area (Å²) in [6.07, 6.45) is 8.20. The summed E-state index contributed by atoms with van der Waals surface area (Å²) in [6, 6.07) is 26.4. The van der Waals surface area contributed by atoms with Crippen LogP contribution in [0, 0.1) is 11.8 Å². The zero-order valence-corrected chi connectivity index (χ0v) is 21.5. The zero-order chi connectivity index (χ0) is 24.9. The van der Waals surface area contributed by atoms with Crippen molar-refractivity contribution < 1.29 is 4.57 Å². The fourth-order valence-corrected chi connectivity index (χ4v) is 4.66. The van der Waals surface area contributed by atoms with E-state index < -0.39 is 0 Å². The first-order valence-corrected chi connectivity index (χ1v) is 12.6. The van der Waals surface area contributed by atoms with E-state index in [1.807, 2.05) is 12.2 Å². The van der Waals surface area contributed by atoms with Gasteiger partial charge in [-0.2, -0.15) is 9.13 Å². The third-order valence-electron chi connectivity index (χ3n) is 6.30. The second-order valence-corrected chi connectivity index (χ2v) is 10.1. The Morgan fingerprint density at radius 2 is 1.26 bits per heavy atom. The molecule has 0 spiro atoms. The molecule has 0 unspecified atom stereocenters. The second kappa shape index (κ2) is 10.7. The molecule has 0 atom stereocenters. The molecule has 2 nitrogen and oxygen atoms in total. The van der Waals surface area contributed by atoms with Crippen LogP contribution >= 0.6 is 0 Å². The Morgan fingerprint density at radius 3 is 1.74 bits per heavy atom. The van der Waals surface area contributed by atoms with E-state index in [0.717, 1.165) is 46.7 Å². The molecule has 0 aliphatic heterocycles. The lowest BCUT2D eigenvalue weighted by Crippen LogP contribution is -2.31. The third kappa shape index (κ3) is 5.54. The van der Waals surface area contributed by atoms with Crippen LogP contribution in [0.4, 0.5) is 0 Å². The average Bonchev–Trinajstić information content (AvgIpc) is 3.24. The van der Waals surface area contributed by atoms with Crippen molar-refractivity contribution in [2.45, 2.75) is 40.5 Å². The van der Waals surface area contributed by atoms with Crippen molar-refractivity contribution in [3.05, 3.63) is 115 Å². The van der Waals surface area contributed by atoms with Crippen LogP contribution in [0.2, 0.25) is 0 Å². The fourth-order valence-electron chi connectivity index (χ4n) is 4.66. The van der Waals surface area contributed by atoms with E-state index in [4.69, 9.17) is 0 Å². The molecule has 0 saturated heterocycles. The van der Waals surface area contributed by atoms with Crippen LogP contribution in [-0.4, -0.2) is 4.57 Å². The monoisotopic (exact) mass is 461 g/mol. The van der Waals surface area contributed by atoms with Crippen molar-refractivity contribution >= 4 is 12.2 Å². The molecule has 4 aromatic rings. The van der Waals surface area contributed by atoms with E-state index in [1.54, 1.807) is 0 Å². The highest BCUT2D eigenvalue weighted by Crippen LogP contribution is 2.27. The molecule has 0 aliphatic carbocycles. The Kier molecular flexibility index (Phi) is 7.51. The highest BCUT2D eigenvalue weighted by Gasteiger charge is 2.25. The standard InChI is InChI=1S/C33H37N2/c1-7-26-9-15-29(16-10-26)33-32(8-2)34(30-17-11-27(12-18-30)21-24(3)4)23-35(33)31-19-13-28(14-20-31)22-25(5)6/h7-20,23-25H,1-2,21-22H2,3-6H3/q+1. The zero-order valence-electron chi connectivity index (χ0n) is 21.5. The van der Waals surface area contributed by atoms with E-state index in [0.29, 0.717) is 11.8 Å². The van der Waals surface area contributed by atoms with E-state index >= 15 is 0 Å². The quantitative estimate of drug-likeness (QED) is 0.223. The number of nitrogens with zero attached hydrogens (tertiary/aromatic N) is 2. The van der Waals surface area contributed by atoms with Crippen LogP contribution < -0.4 is 4.57 Å². The predicted molar refractivity (Wildman–Crippen MR) is 150 cm³/mol. The molecule has 0 radical (unpaired) electrons. The molecule has 0 amide bonds. The number of benzene rings is 3. The van der Waals surface area contributed by atoms with Gasteiger partial charge in [-0.1, -0.05) is 83.3 Å². The van der Waals surface area contributed by atoms with Crippen molar-refractivity contribution in [2.75, 3.05) is 0 Å². The van der Waals surface area contributed by atoms with Gasteiger partial charge in [0.15, 0.2) is 11.4 Å². The second-order valence-electron chi connectivity index (χ2n) is 10.1. The molecule has 1 aromatic heterocycles. The van der Waals surface area contributed by atoms with Crippen molar-refractivity contribution in [3.63, 3.8) is 0 Å². The van der Waals surface area contributed by atoms with Crippen LogP contribution in [0.3, 0.4) is 0 Å². The number of aromatic nitrogens is 2. The molecule has 0 N–H and O–H groups in total. The van der Waals surface area contributed by atoms with Gasteiger partial charge in [0, 0.05) is 5.56 Å². The predicted octanol–water partition coefficient (Wildman–Crippen LogP) is 8.10. The summed E-state index contributed by atoms with van der Waals surface area (Å²) in [5.74, 6) is 1.28. The van der Waals surface area contributed by atoms with Gasteiger partial charge in [0.2, 0.25) is 0 Å². The molecule has 0 fully saturated rings. The van der Waals surface area contributed by atoms with Crippen LogP contribution in [0.15, 0.2) is 92.3 Å². The Balaban J connectivity index is 1.86. The van der Waals surface area contributed by atoms with Crippen molar-refractivity contribution in [3.8, 4) is 22.6 Å². The normalized spacial score (nSPS) is 11.3. The maximum atomic E-state index is 4.20. The summed E-state index contributed by atoms with van der Waals surface area (Å²) in [5.41, 5.74) is 9.45. The fraction of sp³-hybridized carbons (Fsp3) is 0.242. The van der Waals surface area contributed by atoms with Gasteiger partial charge in [0.25, 0.3) is 6.33 Å². The molecule has 0 aliphatic rings. The van der Waals surface area contributed by atoms with Crippen LogP contribution in [0.5, 0.6) is 0 Å². The molecule has 4 rings (SSSR count). The first-order valence-electron chi connectivity index (χ1n) is 12.6. The Morgan fingerprint density at radius 1 is 0.714 bits per heavy atom. The van der Waals surface area contributed by atoms with Gasteiger partial charge in [-0.25, -0.2) is 0 Å². The summed E-state index contributed by atoms with van der Waals surface area (Å²) in [5, 5.41) is 0. The Labute approximate surface area is 210 Å². The molecule has 178 valence electrons. The maximum Gasteiger partial charge on any atom is 0.255 e. The first-order chi connectivity index (χ1) is 16.9. The molecule has 3 aromatic carbocycles. The summed E-state index contributed by atoms with van der Waals surface area (Å²) in [6.45, 7) is 17.1. The van der Waals surface area contributed by atoms with Crippen LogP contribution in [-0.2, 0) is 12.8 Å². The number of imidazole rings is 1. The highest BCUT2D eigenvalue weighted by atomic mass is 15.2. The van der Waals surface area contributed by atoms with Gasteiger partial charge in [-0.15, -0.1) is 0 Å². The van der Waals surface area contributed by atoms with E-state index in [9.17, 15) is 0 Å². The van der Waals surface area contributed by atoms with Crippen LogP contribution in [0.25, 0.3) is 34.8 Å². The van der Waals surface area contributed by atoms with Crippen LogP contribution in [0.1, 0.15) is 50.1 Å². The minimum absolute atomic E-state index is 0.638. The Bertz CT molecular complexity index is 1290. The van der Waals surface area contributed by atoms with Gasteiger partial charge in [0.05, 0.1) is 0 Å². The summed E-state index contributed by atoms with van der Waals surface area (Å²) >= 11 is 0. The van der Waals surface area contributed by atoms with Gasteiger partial charge in [0.1, 0.15) is 11.4 Å². The van der Waals surface area contributed by atoms with Gasteiger partial charge < -0.3 is 0 Å². The largest absolute Gasteiger partial charge is 0.255 e. The molecule has 35 heavy (non-hydrogen) atoms. The lowest BCUT2D eigenvalue weighted by Gasteiger charge is -2.07. The van der Waals surface area contributed by atoms with Crippen molar-refractivity contribution in [1.29, 1.82) is 0 Å². The summed E-state index contributed by atoms with van der Waals surface area (Å²) in [4.78, 5) is 0. The Hall–Kier alpha value is -3.65. The first kappa shape index (κ1) is 24.5. The maximum absolute atomic E-state index is 4.20. The lowest BCUT2D eigenvalue weighted by molar-refractivity contribution is -0.583. The SMILES string of the molecule is C=Cc1ccc(-c2c(C=C)n(-c3ccc(CC(C)C)cc3)c[n+]2-c2ccc(CC(C)C)cc2)cc1. The van der Waals surface area contributed by atoms with E-state index in [1.165, 1.54) is 11.1 Å². The number of hydrogen-bond acceptors (Lipinski definition) is 0. The van der Waals surface area contributed by atoms with Gasteiger partial charge in [-0.05, 0) is 83.8 Å². The molecular weight excluding hydrogens is 424 g/mol. The van der Waals surface area contributed by atoms with Gasteiger partial charge in [-0.3, -0.25) is 0 Å². The van der Waals surface area contributed by atoms with E-state index in [-0.39, 0.29) is 0 Å². The molecule has 1 heterocycles.